The minimum absolute atomic E-state index is 0.209. The highest BCUT2D eigenvalue weighted by molar-refractivity contribution is 5.90. The molecule has 22 heavy (non-hydrogen) atoms. The first-order chi connectivity index (χ1) is 10.7. The van der Waals surface area contributed by atoms with Crippen LogP contribution in [0.4, 0.5) is 10.5 Å². The Morgan fingerprint density at radius 3 is 3.05 bits per heavy atom. The summed E-state index contributed by atoms with van der Waals surface area (Å²) in [5.74, 6) is 1.84. The SMILES string of the molecule is CCc1cccc(C)c1NC(=O)NCc1nnc2n1CCC2. The van der Waals surface area contributed by atoms with E-state index < -0.39 is 0 Å². The Kier molecular flexibility index (Phi) is 4.09. The van der Waals surface area contributed by atoms with Crippen molar-refractivity contribution in [2.45, 2.75) is 46.2 Å². The molecule has 0 saturated carbocycles. The Bertz CT molecular complexity index is 692. The van der Waals surface area contributed by atoms with Crippen LogP contribution in [-0.2, 0) is 25.9 Å². The lowest BCUT2D eigenvalue weighted by atomic mass is 10.1. The lowest BCUT2D eigenvalue weighted by Crippen LogP contribution is -2.30. The molecule has 0 fully saturated rings. The van der Waals surface area contributed by atoms with Crippen LogP contribution in [0.5, 0.6) is 0 Å². The van der Waals surface area contributed by atoms with Crippen LogP contribution in [0.1, 0.15) is 36.1 Å². The lowest BCUT2D eigenvalue weighted by molar-refractivity contribution is 0.251. The van der Waals surface area contributed by atoms with Crippen LogP contribution in [0, 0.1) is 6.92 Å². The molecule has 1 aliphatic heterocycles. The molecular formula is C16H21N5O. The van der Waals surface area contributed by atoms with Crippen molar-refractivity contribution in [3.05, 3.63) is 41.0 Å². The summed E-state index contributed by atoms with van der Waals surface area (Å²) in [6.07, 6.45) is 2.96. The van der Waals surface area contributed by atoms with E-state index in [1.807, 2.05) is 25.1 Å². The van der Waals surface area contributed by atoms with Crippen LogP contribution in [0.3, 0.4) is 0 Å². The van der Waals surface area contributed by atoms with Gasteiger partial charge in [-0.2, -0.15) is 0 Å². The number of anilines is 1. The van der Waals surface area contributed by atoms with Gasteiger partial charge in [-0.15, -0.1) is 10.2 Å². The summed E-state index contributed by atoms with van der Waals surface area (Å²) < 4.78 is 2.09. The van der Waals surface area contributed by atoms with Crippen molar-refractivity contribution < 1.29 is 4.79 Å². The Labute approximate surface area is 129 Å². The van der Waals surface area contributed by atoms with Gasteiger partial charge in [-0.25, -0.2) is 4.79 Å². The van der Waals surface area contributed by atoms with Crippen molar-refractivity contribution in [2.24, 2.45) is 0 Å². The maximum absolute atomic E-state index is 12.1. The van der Waals surface area contributed by atoms with Crippen molar-refractivity contribution in [2.75, 3.05) is 5.32 Å². The molecule has 116 valence electrons. The number of rotatable bonds is 4. The smallest absolute Gasteiger partial charge is 0.319 e. The van der Waals surface area contributed by atoms with Gasteiger partial charge in [0.05, 0.1) is 6.54 Å². The number of carbonyl (C=O) groups is 1. The number of fused-ring (bicyclic) bond motifs is 1. The Morgan fingerprint density at radius 1 is 1.36 bits per heavy atom. The second-order valence-corrected chi connectivity index (χ2v) is 5.56. The second kappa shape index (κ2) is 6.17. The van der Waals surface area contributed by atoms with Crippen molar-refractivity contribution >= 4 is 11.7 Å². The highest BCUT2D eigenvalue weighted by Crippen LogP contribution is 2.21. The van der Waals surface area contributed by atoms with E-state index >= 15 is 0 Å². The molecule has 1 aromatic carbocycles. The highest BCUT2D eigenvalue weighted by Gasteiger charge is 2.17. The molecule has 2 N–H and O–H groups in total. The van der Waals surface area contributed by atoms with Crippen LogP contribution in [0.2, 0.25) is 0 Å². The number of nitrogens with zero attached hydrogens (tertiary/aromatic N) is 3. The van der Waals surface area contributed by atoms with E-state index in [2.05, 4.69) is 32.3 Å². The standard InChI is InChI=1S/C16H21N5O/c1-3-12-7-4-6-11(2)15(12)18-16(22)17-10-14-20-19-13-8-5-9-21(13)14/h4,6-7H,3,5,8-10H2,1-2H3,(H2,17,18,22). The fourth-order valence-electron chi connectivity index (χ4n) is 2.86. The molecule has 6 heteroatoms. The van der Waals surface area contributed by atoms with E-state index in [9.17, 15) is 4.79 Å². The summed E-state index contributed by atoms with van der Waals surface area (Å²) in [4.78, 5) is 12.1. The first-order valence-electron chi connectivity index (χ1n) is 7.73. The summed E-state index contributed by atoms with van der Waals surface area (Å²) in [6, 6.07) is 5.84. The third kappa shape index (κ3) is 2.81. The molecule has 0 radical (unpaired) electrons. The zero-order valence-corrected chi connectivity index (χ0v) is 13.0. The fourth-order valence-corrected chi connectivity index (χ4v) is 2.86. The predicted octanol–water partition coefficient (Wildman–Crippen LogP) is 2.42. The van der Waals surface area contributed by atoms with Gasteiger partial charge in [-0.05, 0) is 30.9 Å². The number of urea groups is 1. The average Bonchev–Trinajstić information content (AvgIpc) is 3.11. The Hall–Kier alpha value is -2.37. The zero-order valence-electron chi connectivity index (χ0n) is 13.0. The molecule has 1 aromatic heterocycles. The van der Waals surface area contributed by atoms with Gasteiger partial charge in [-0.1, -0.05) is 25.1 Å². The molecule has 0 saturated heterocycles. The quantitative estimate of drug-likeness (QED) is 0.910. The molecule has 2 amide bonds. The molecule has 6 nitrogen and oxygen atoms in total. The number of nitrogens with one attached hydrogen (secondary N) is 2. The van der Waals surface area contributed by atoms with Crippen LogP contribution in [-0.4, -0.2) is 20.8 Å². The largest absolute Gasteiger partial charge is 0.331 e. The number of amides is 2. The van der Waals surface area contributed by atoms with E-state index in [1.54, 1.807) is 0 Å². The van der Waals surface area contributed by atoms with Gasteiger partial charge in [-0.3, -0.25) is 0 Å². The van der Waals surface area contributed by atoms with Crippen LogP contribution in [0.15, 0.2) is 18.2 Å². The molecule has 3 rings (SSSR count). The molecule has 0 aliphatic carbocycles. The third-order valence-corrected chi connectivity index (χ3v) is 4.07. The average molecular weight is 299 g/mol. The van der Waals surface area contributed by atoms with Crippen LogP contribution >= 0.6 is 0 Å². The van der Waals surface area contributed by atoms with E-state index in [-0.39, 0.29) is 6.03 Å². The number of benzene rings is 1. The van der Waals surface area contributed by atoms with Gasteiger partial charge >= 0.3 is 6.03 Å². The van der Waals surface area contributed by atoms with Crippen molar-refractivity contribution in [3.8, 4) is 0 Å². The summed E-state index contributed by atoms with van der Waals surface area (Å²) in [5, 5.41) is 14.1. The van der Waals surface area contributed by atoms with Crippen molar-refractivity contribution in [3.63, 3.8) is 0 Å². The van der Waals surface area contributed by atoms with Crippen molar-refractivity contribution in [1.82, 2.24) is 20.1 Å². The first-order valence-corrected chi connectivity index (χ1v) is 7.73. The van der Waals surface area contributed by atoms with Gasteiger partial charge < -0.3 is 15.2 Å². The topological polar surface area (TPSA) is 71.8 Å². The maximum atomic E-state index is 12.1. The van der Waals surface area contributed by atoms with E-state index in [4.69, 9.17) is 0 Å². The number of aryl methyl sites for hydroxylation is 3. The second-order valence-electron chi connectivity index (χ2n) is 5.56. The van der Waals surface area contributed by atoms with Gasteiger partial charge in [0.25, 0.3) is 0 Å². The normalized spacial score (nSPS) is 13.0. The van der Waals surface area contributed by atoms with Crippen LogP contribution in [0.25, 0.3) is 0 Å². The first kappa shape index (κ1) is 14.6. The zero-order chi connectivity index (χ0) is 15.5. The van der Waals surface area contributed by atoms with Crippen LogP contribution < -0.4 is 10.6 Å². The molecule has 0 atom stereocenters. The predicted molar refractivity (Wildman–Crippen MR) is 84.8 cm³/mol. The molecule has 1 aliphatic rings. The van der Waals surface area contributed by atoms with E-state index in [0.29, 0.717) is 6.54 Å². The van der Waals surface area contributed by atoms with E-state index in [1.165, 1.54) is 0 Å². The van der Waals surface area contributed by atoms with Gasteiger partial charge in [0.15, 0.2) is 5.82 Å². The molecule has 0 spiro atoms. The minimum atomic E-state index is -0.209. The molecule has 2 aromatic rings. The van der Waals surface area contributed by atoms with E-state index in [0.717, 1.165) is 54.3 Å². The van der Waals surface area contributed by atoms with Gasteiger partial charge in [0.2, 0.25) is 0 Å². The summed E-state index contributed by atoms with van der Waals surface area (Å²) >= 11 is 0. The third-order valence-electron chi connectivity index (χ3n) is 4.07. The number of para-hydroxylation sites is 1. The molecule has 0 bridgehead atoms. The number of aromatic nitrogens is 3. The van der Waals surface area contributed by atoms with Gasteiger partial charge in [0.1, 0.15) is 5.82 Å². The number of hydrogen-bond acceptors (Lipinski definition) is 3. The lowest BCUT2D eigenvalue weighted by Gasteiger charge is -2.13. The summed E-state index contributed by atoms with van der Waals surface area (Å²) in [6.45, 7) is 5.42. The minimum Gasteiger partial charge on any atom is -0.331 e. The summed E-state index contributed by atoms with van der Waals surface area (Å²) in [5.41, 5.74) is 3.10. The molecular weight excluding hydrogens is 278 g/mol. The maximum Gasteiger partial charge on any atom is 0.319 e. The fraction of sp³-hybridized carbons (Fsp3) is 0.438. The Morgan fingerprint density at radius 2 is 2.23 bits per heavy atom. The number of hydrogen-bond donors (Lipinski definition) is 2. The summed E-state index contributed by atoms with van der Waals surface area (Å²) in [7, 11) is 0. The van der Waals surface area contributed by atoms with Crippen molar-refractivity contribution in [1.29, 1.82) is 0 Å². The highest BCUT2D eigenvalue weighted by atomic mass is 16.2. The van der Waals surface area contributed by atoms with Gasteiger partial charge in [0, 0.05) is 18.7 Å². The molecule has 2 heterocycles. The number of carbonyl (C=O) groups excluding carboxylic acids is 1. The molecule has 0 unspecified atom stereocenters. The monoisotopic (exact) mass is 299 g/mol. The Balaban J connectivity index is 1.63.